The van der Waals surface area contributed by atoms with Crippen LogP contribution in [0.4, 0.5) is 0 Å². The van der Waals surface area contributed by atoms with Crippen molar-refractivity contribution in [3.8, 4) is 5.75 Å². The molecule has 1 aliphatic heterocycles. The molecule has 1 heterocycles. The first-order valence-corrected chi connectivity index (χ1v) is 7.80. The van der Waals surface area contributed by atoms with Crippen LogP contribution in [0.15, 0.2) is 53.4 Å². The Kier molecular flexibility index (Phi) is 4.28. The molecule has 3 rings (SSSR count). The van der Waals surface area contributed by atoms with Gasteiger partial charge in [-0.15, -0.1) is 11.8 Å². The summed E-state index contributed by atoms with van der Waals surface area (Å²) in [4.78, 5) is 1.39. The SMILES string of the molecule is OCCc1ccc(OCC2Cc3ccccc3S2)cc1. The number of hydrogen-bond donors (Lipinski definition) is 1. The van der Waals surface area contributed by atoms with Crippen LogP contribution in [-0.2, 0) is 12.8 Å². The molecule has 104 valence electrons. The van der Waals surface area contributed by atoms with E-state index in [-0.39, 0.29) is 6.61 Å². The molecule has 0 amide bonds. The molecule has 1 aliphatic rings. The third-order valence-corrected chi connectivity index (χ3v) is 4.76. The molecule has 0 fully saturated rings. The van der Waals surface area contributed by atoms with E-state index in [0.717, 1.165) is 24.3 Å². The summed E-state index contributed by atoms with van der Waals surface area (Å²) in [6.07, 6.45) is 1.79. The van der Waals surface area contributed by atoms with Crippen molar-refractivity contribution in [2.45, 2.75) is 23.0 Å². The van der Waals surface area contributed by atoms with Crippen molar-refractivity contribution in [3.63, 3.8) is 0 Å². The summed E-state index contributed by atoms with van der Waals surface area (Å²) in [5.74, 6) is 0.906. The van der Waals surface area contributed by atoms with Gasteiger partial charge in [0.2, 0.25) is 0 Å². The molecule has 0 saturated heterocycles. The van der Waals surface area contributed by atoms with Crippen LogP contribution in [0, 0.1) is 0 Å². The Labute approximate surface area is 123 Å². The van der Waals surface area contributed by atoms with Crippen molar-refractivity contribution in [3.05, 3.63) is 59.7 Å². The van der Waals surface area contributed by atoms with Crippen LogP contribution in [0.1, 0.15) is 11.1 Å². The van der Waals surface area contributed by atoms with Crippen LogP contribution in [-0.4, -0.2) is 23.6 Å². The molecule has 0 aromatic heterocycles. The molecule has 1 unspecified atom stereocenters. The van der Waals surface area contributed by atoms with E-state index in [0.29, 0.717) is 11.7 Å². The summed E-state index contributed by atoms with van der Waals surface area (Å²) >= 11 is 1.91. The molecule has 20 heavy (non-hydrogen) atoms. The van der Waals surface area contributed by atoms with E-state index >= 15 is 0 Å². The van der Waals surface area contributed by atoms with Gasteiger partial charge < -0.3 is 9.84 Å². The summed E-state index contributed by atoms with van der Waals surface area (Å²) in [6, 6.07) is 16.6. The van der Waals surface area contributed by atoms with Crippen LogP contribution < -0.4 is 4.74 Å². The van der Waals surface area contributed by atoms with Gasteiger partial charge in [0.05, 0.1) is 0 Å². The van der Waals surface area contributed by atoms with Gasteiger partial charge in [-0.1, -0.05) is 30.3 Å². The number of aliphatic hydroxyl groups excluding tert-OH is 1. The Morgan fingerprint density at radius 2 is 1.90 bits per heavy atom. The molecule has 0 saturated carbocycles. The van der Waals surface area contributed by atoms with E-state index < -0.39 is 0 Å². The molecule has 1 N–H and O–H groups in total. The Morgan fingerprint density at radius 3 is 2.65 bits per heavy atom. The van der Waals surface area contributed by atoms with Gasteiger partial charge in [-0.05, 0) is 42.2 Å². The van der Waals surface area contributed by atoms with Gasteiger partial charge in [0, 0.05) is 16.8 Å². The highest BCUT2D eigenvalue weighted by atomic mass is 32.2. The number of rotatable bonds is 5. The van der Waals surface area contributed by atoms with Crippen molar-refractivity contribution in [2.24, 2.45) is 0 Å². The molecular formula is C17H18O2S. The van der Waals surface area contributed by atoms with E-state index in [9.17, 15) is 0 Å². The second-order valence-electron chi connectivity index (χ2n) is 4.98. The molecule has 2 aromatic rings. The highest BCUT2D eigenvalue weighted by molar-refractivity contribution is 8.00. The summed E-state index contributed by atoms with van der Waals surface area (Å²) < 4.78 is 5.87. The zero-order valence-electron chi connectivity index (χ0n) is 11.3. The fourth-order valence-corrected chi connectivity index (χ4v) is 3.64. The fourth-order valence-electron chi connectivity index (χ4n) is 2.42. The average molecular weight is 286 g/mol. The number of benzene rings is 2. The Hall–Kier alpha value is -1.45. The smallest absolute Gasteiger partial charge is 0.119 e. The molecule has 2 aromatic carbocycles. The summed E-state index contributed by atoms with van der Waals surface area (Å²) in [5.41, 5.74) is 2.58. The maximum absolute atomic E-state index is 8.89. The lowest BCUT2D eigenvalue weighted by molar-refractivity contribution is 0.299. The lowest BCUT2D eigenvalue weighted by Crippen LogP contribution is -2.13. The highest BCUT2D eigenvalue weighted by Gasteiger charge is 2.22. The van der Waals surface area contributed by atoms with Crippen LogP contribution in [0.5, 0.6) is 5.75 Å². The van der Waals surface area contributed by atoms with Crippen molar-refractivity contribution in [1.29, 1.82) is 0 Å². The third kappa shape index (κ3) is 3.17. The zero-order valence-corrected chi connectivity index (χ0v) is 12.1. The molecule has 1 atom stereocenters. The predicted molar refractivity (Wildman–Crippen MR) is 82.5 cm³/mol. The minimum absolute atomic E-state index is 0.192. The number of hydrogen-bond acceptors (Lipinski definition) is 3. The van der Waals surface area contributed by atoms with Crippen LogP contribution >= 0.6 is 11.8 Å². The number of fused-ring (bicyclic) bond motifs is 1. The Bertz CT molecular complexity index is 540. The van der Waals surface area contributed by atoms with Gasteiger partial charge >= 0.3 is 0 Å². The first-order valence-electron chi connectivity index (χ1n) is 6.92. The predicted octanol–water partition coefficient (Wildman–Crippen LogP) is 3.32. The van der Waals surface area contributed by atoms with E-state index in [1.54, 1.807) is 0 Å². The normalized spacial score (nSPS) is 16.9. The van der Waals surface area contributed by atoms with Gasteiger partial charge in [0.25, 0.3) is 0 Å². The van der Waals surface area contributed by atoms with Crippen molar-refractivity contribution < 1.29 is 9.84 Å². The molecule has 3 heteroatoms. The van der Waals surface area contributed by atoms with E-state index in [1.165, 1.54) is 10.5 Å². The van der Waals surface area contributed by atoms with E-state index in [4.69, 9.17) is 9.84 Å². The van der Waals surface area contributed by atoms with Crippen LogP contribution in [0.3, 0.4) is 0 Å². The second-order valence-corrected chi connectivity index (χ2v) is 6.32. The molecule has 0 radical (unpaired) electrons. The van der Waals surface area contributed by atoms with Crippen LogP contribution in [0.2, 0.25) is 0 Å². The lowest BCUT2D eigenvalue weighted by Gasteiger charge is -2.11. The first kappa shape index (κ1) is 13.5. The molecular weight excluding hydrogens is 268 g/mol. The van der Waals surface area contributed by atoms with Crippen LogP contribution in [0.25, 0.3) is 0 Å². The van der Waals surface area contributed by atoms with Gasteiger partial charge in [-0.2, -0.15) is 0 Å². The molecule has 2 nitrogen and oxygen atoms in total. The minimum Gasteiger partial charge on any atom is -0.492 e. The lowest BCUT2D eigenvalue weighted by atomic mass is 10.1. The fraction of sp³-hybridized carbons (Fsp3) is 0.294. The average Bonchev–Trinajstić information content (AvgIpc) is 2.90. The monoisotopic (exact) mass is 286 g/mol. The topological polar surface area (TPSA) is 29.5 Å². The van der Waals surface area contributed by atoms with E-state index in [2.05, 4.69) is 24.3 Å². The van der Waals surface area contributed by atoms with Gasteiger partial charge in [0.15, 0.2) is 0 Å². The van der Waals surface area contributed by atoms with Gasteiger partial charge in [-0.3, -0.25) is 0 Å². The largest absolute Gasteiger partial charge is 0.492 e. The highest BCUT2D eigenvalue weighted by Crippen LogP contribution is 2.36. The number of aliphatic hydroxyl groups is 1. The van der Waals surface area contributed by atoms with Crippen molar-refractivity contribution >= 4 is 11.8 Å². The maximum Gasteiger partial charge on any atom is 0.119 e. The minimum atomic E-state index is 0.192. The quantitative estimate of drug-likeness (QED) is 0.914. The third-order valence-electron chi connectivity index (χ3n) is 3.47. The van der Waals surface area contributed by atoms with E-state index in [1.807, 2.05) is 36.0 Å². The summed E-state index contributed by atoms with van der Waals surface area (Å²) in [7, 11) is 0. The van der Waals surface area contributed by atoms with Gasteiger partial charge in [0.1, 0.15) is 12.4 Å². The molecule has 0 bridgehead atoms. The second kappa shape index (κ2) is 6.33. The molecule has 0 spiro atoms. The zero-order chi connectivity index (χ0) is 13.8. The molecule has 0 aliphatic carbocycles. The van der Waals surface area contributed by atoms with Crippen molar-refractivity contribution in [2.75, 3.05) is 13.2 Å². The number of thioether (sulfide) groups is 1. The van der Waals surface area contributed by atoms with Crippen molar-refractivity contribution in [1.82, 2.24) is 0 Å². The maximum atomic E-state index is 8.89. The number of ether oxygens (including phenoxy) is 1. The first-order chi connectivity index (χ1) is 9.85. The Morgan fingerprint density at radius 1 is 1.10 bits per heavy atom. The summed E-state index contributed by atoms with van der Waals surface area (Å²) in [6.45, 7) is 0.926. The standard InChI is InChI=1S/C17H18O2S/c18-10-9-13-5-7-15(8-6-13)19-12-16-11-14-3-1-2-4-17(14)20-16/h1-8,16,18H,9-12H2. The Balaban J connectivity index is 1.53. The van der Waals surface area contributed by atoms with Gasteiger partial charge in [-0.25, -0.2) is 0 Å². The summed E-state index contributed by atoms with van der Waals surface area (Å²) in [5, 5.41) is 9.39.